The lowest BCUT2D eigenvalue weighted by atomic mass is 9.98. The average molecular weight is 323 g/mol. The zero-order valence-electron chi connectivity index (χ0n) is 13.7. The number of amidine groups is 1. The van der Waals surface area contributed by atoms with Gasteiger partial charge >= 0.3 is 6.09 Å². The molecule has 1 aliphatic rings. The van der Waals surface area contributed by atoms with E-state index in [0.717, 1.165) is 0 Å². The Balaban J connectivity index is 1.72. The molecule has 0 unspecified atom stereocenters. The first-order chi connectivity index (χ1) is 11.6. The number of fused-ring (bicyclic) bond motifs is 3. The highest BCUT2D eigenvalue weighted by Crippen LogP contribution is 2.44. The molecule has 0 atom stereocenters. The minimum atomic E-state index is -0.391. The van der Waals surface area contributed by atoms with E-state index in [1.54, 1.807) is 7.05 Å². The van der Waals surface area contributed by atoms with Gasteiger partial charge in [-0.3, -0.25) is 5.41 Å². The number of nitrogens with two attached hydrogens (primary N) is 1. The Labute approximate surface area is 141 Å². The summed E-state index contributed by atoms with van der Waals surface area (Å²) in [5.41, 5.74) is 10.1. The van der Waals surface area contributed by atoms with Gasteiger partial charge in [-0.25, -0.2) is 4.79 Å². The van der Waals surface area contributed by atoms with Gasteiger partial charge in [-0.05, 0) is 22.3 Å². The standard InChI is InChI=1S/C19H21N3O2/c1-22(11-10-18(20)21)19(23)24-12-17-15-8-4-2-6-13(15)14-7-3-5-9-16(14)17/h2-9,17H,10-12H2,1H3,(H3,20,21). The normalized spacial score (nSPS) is 12.4. The Morgan fingerprint density at radius 2 is 1.67 bits per heavy atom. The van der Waals surface area contributed by atoms with Gasteiger partial charge in [0.05, 0.1) is 5.84 Å². The summed E-state index contributed by atoms with van der Waals surface area (Å²) < 4.78 is 5.51. The molecule has 1 amide bonds. The van der Waals surface area contributed by atoms with Crippen molar-refractivity contribution in [2.45, 2.75) is 12.3 Å². The number of ether oxygens (including phenoxy) is 1. The first kappa shape index (κ1) is 16.1. The second-order valence-corrected chi connectivity index (χ2v) is 6.00. The van der Waals surface area contributed by atoms with Crippen molar-refractivity contribution < 1.29 is 9.53 Å². The minimum absolute atomic E-state index is 0.0579. The first-order valence-corrected chi connectivity index (χ1v) is 7.97. The molecule has 2 aromatic rings. The fourth-order valence-electron chi connectivity index (χ4n) is 3.08. The molecule has 3 N–H and O–H groups in total. The monoisotopic (exact) mass is 323 g/mol. The van der Waals surface area contributed by atoms with Crippen molar-refractivity contribution in [3.05, 3.63) is 59.7 Å². The zero-order valence-corrected chi connectivity index (χ0v) is 13.7. The van der Waals surface area contributed by atoms with E-state index in [9.17, 15) is 4.79 Å². The highest BCUT2D eigenvalue weighted by Gasteiger charge is 2.29. The van der Waals surface area contributed by atoms with Gasteiger partial charge in [0.15, 0.2) is 0 Å². The van der Waals surface area contributed by atoms with Crippen LogP contribution in [0.2, 0.25) is 0 Å². The van der Waals surface area contributed by atoms with Crippen LogP contribution in [0.15, 0.2) is 48.5 Å². The van der Waals surface area contributed by atoms with Gasteiger partial charge in [0.1, 0.15) is 6.61 Å². The molecular formula is C19H21N3O2. The van der Waals surface area contributed by atoms with Crippen LogP contribution in [0.5, 0.6) is 0 Å². The summed E-state index contributed by atoms with van der Waals surface area (Å²) in [6.07, 6.45) is -0.0427. The molecule has 1 aliphatic carbocycles. The van der Waals surface area contributed by atoms with Gasteiger partial charge in [-0.15, -0.1) is 0 Å². The molecule has 0 bridgehead atoms. The maximum absolute atomic E-state index is 12.1. The van der Waals surface area contributed by atoms with Crippen LogP contribution in [-0.4, -0.2) is 37.0 Å². The molecule has 0 fully saturated rings. The molecule has 5 nitrogen and oxygen atoms in total. The summed E-state index contributed by atoms with van der Waals surface area (Å²) in [5, 5.41) is 7.23. The minimum Gasteiger partial charge on any atom is -0.448 e. The number of hydrogen-bond acceptors (Lipinski definition) is 3. The molecule has 0 saturated heterocycles. The molecule has 0 aliphatic heterocycles. The number of benzene rings is 2. The smallest absolute Gasteiger partial charge is 0.409 e. The summed E-state index contributed by atoms with van der Waals surface area (Å²) in [6, 6.07) is 16.5. The van der Waals surface area contributed by atoms with E-state index in [4.69, 9.17) is 15.9 Å². The van der Waals surface area contributed by atoms with Gasteiger partial charge in [0.2, 0.25) is 0 Å². The fourth-order valence-corrected chi connectivity index (χ4v) is 3.08. The Hall–Kier alpha value is -2.82. The van der Waals surface area contributed by atoms with Crippen LogP contribution in [0.4, 0.5) is 4.79 Å². The van der Waals surface area contributed by atoms with Gasteiger partial charge in [0.25, 0.3) is 0 Å². The summed E-state index contributed by atoms with van der Waals surface area (Å²) in [7, 11) is 1.65. The lowest BCUT2D eigenvalue weighted by molar-refractivity contribution is 0.109. The van der Waals surface area contributed by atoms with E-state index in [-0.39, 0.29) is 11.8 Å². The lowest BCUT2D eigenvalue weighted by Gasteiger charge is -2.19. The summed E-state index contributed by atoms with van der Waals surface area (Å²) in [6.45, 7) is 0.684. The molecule has 0 heterocycles. The van der Waals surface area contributed by atoms with Gasteiger partial charge in [-0.2, -0.15) is 0 Å². The number of rotatable bonds is 5. The topological polar surface area (TPSA) is 79.4 Å². The quantitative estimate of drug-likeness (QED) is 0.655. The second kappa shape index (κ2) is 6.74. The molecular weight excluding hydrogens is 302 g/mol. The SMILES string of the molecule is CN(CCC(=N)N)C(=O)OCC1c2ccccc2-c2ccccc21. The molecule has 5 heteroatoms. The third-order valence-corrected chi connectivity index (χ3v) is 4.36. The molecule has 0 spiro atoms. The van der Waals surface area contributed by atoms with Gasteiger partial charge in [-0.1, -0.05) is 48.5 Å². The highest BCUT2D eigenvalue weighted by molar-refractivity contribution is 5.79. The zero-order chi connectivity index (χ0) is 17.1. The van der Waals surface area contributed by atoms with Crippen molar-refractivity contribution in [2.24, 2.45) is 5.73 Å². The summed E-state index contributed by atoms with van der Waals surface area (Å²) in [5.74, 6) is 0.121. The third-order valence-electron chi connectivity index (χ3n) is 4.36. The lowest BCUT2D eigenvalue weighted by Crippen LogP contribution is -2.31. The Morgan fingerprint density at radius 1 is 1.12 bits per heavy atom. The number of nitrogens with zero attached hydrogens (tertiary/aromatic N) is 1. The second-order valence-electron chi connectivity index (χ2n) is 6.00. The van der Waals surface area contributed by atoms with Crippen LogP contribution >= 0.6 is 0 Å². The van der Waals surface area contributed by atoms with Crippen molar-refractivity contribution in [1.29, 1.82) is 5.41 Å². The number of carbonyl (C=O) groups is 1. The van der Waals surface area contributed by atoms with Crippen molar-refractivity contribution in [3.8, 4) is 11.1 Å². The van der Waals surface area contributed by atoms with Crippen molar-refractivity contribution in [1.82, 2.24) is 4.90 Å². The van der Waals surface area contributed by atoms with E-state index in [1.165, 1.54) is 27.2 Å². The number of carbonyl (C=O) groups excluding carboxylic acids is 1. The predicted octanol–water partition coefficient (Wildman–Crippen LogP) is 3.19. The third kappa shape index (κ3) is 3.11. The first-order valence-electron chi connectivity index (χ1n) is 7.97. The van der Waals surface area contributed by atoms with Gasteiger partial charge < -0.3 is 15.4 Å². The van der Waals surface area contributed by atoms with E-state index >= 15 is 0 Å². The van der Waals surface area contributed by atoms with E-state index in [0.29, 0.717) is 19.6 Å². The van der Waals surface area contributed by atoms with Crippen LogP contribution in [0.25, 0.3) is 11.1 Å². The van der Waals surface area contributed by atoms with Crippen molar-refractivity contribution in [3.63, 3.8) is 0 Å². The molecule has 24 heavy (non-hydrogen) atoms. The predicted molar refractivity (Wildman–Crippen MR) is 94.2 cm³/mol. The van der Waals surface area contributed by atoms with Crippen LogP contribution < -0.4 is 5.73 Å². The Kier molecular flexibility index (Phi) is 4.51. The number of amides is 1. The molecule has 0 radical (unpaired) electrons. The Morgan fingerprint density at radius 3 is 2.21 bits per heavy atom. The Bertz CT molecular complexity index is 727. The van der Waals surface area contributed by atoms with Crippen molar-refractivity contribution >= 4 is 11.9 Å². The van der Waals surface area contributed by atoms with E-state index < -0.39 is 6.09 Å². The van der Waals surface area contributed by atoms with Gasteiger partial charge in [0, 0.05) is 25.9 Å². The summed E-state index contributed by atoms with van der Waals surface area (Å²) >= 11 is 0. The average Bonchev–Trinajstić information content (AvgIpc) is 2.91. The van der Waals surface area contributed by atoms with E-state index in [1.807, 2.05) is 24.3 Å². The molecule has 0 aromatic heterocycles. The molecule has 3 rings (SSSR count). The van der Waals surface area contributed by atoms with Crippen LogP contribution in [-0.2, 0) is 4.74 Å². The molecule has 0 saturated carbocycles. The summed E-state index contributed by atoms with van der Waals surface area (Å²) in [4.78, 5) is 13.6. The van der Waals surface area contributed by atoms with E-state index in [2.05, 4.69) is 24.3 Å². The maximum Gasteiger partial charge on any atom is 0.409 e. The van der Waals surface area contributed by atoms with Crippen LogP contribution in [0.3, 0.4) is 0 Å². The fraction of sp³-hybridized carbons (Fsp3) is 0.263. The maximum atomic E-state index is 12.1. The number of nitrogens with one attached hydrogen (secondary N) is 1. The van der Waals surface area contributed by atoms with Crippen LogP contribution in [0.1, 0.15) is 23.5 Å². The van der Waals surface area contributed by atoms with Crippen molar-refractivity contribution in [2.75, 3.05) is 20.2 Å². The molecule has 2 aromatic carbocycles. The number of hydrogen-bond donors (Lipinski definition) is 2. The molecule has 124 valence electrons. The highest BCUT2D eigenvalue weighted by atomic mass is 16.6. The largest absolute Gasteiger partial charge is 0.448 e. The van der Waals surface area contributed by atoms with Crippen LogP contribution in [0, 0.1) is 5.41 Å².